The molecule has 0 unspecified atom stereocenters. The van der Waals surface area contributed by atoms with Gasteiger partial charge in [0.2, 0.25) is 11.8 Å². The maximum atomic E-state index is 15.4. The minimum atomic E-state index is -1.46. The Bertz CT molecular complexity index is 2760. The fourth-order valence-corrected chi connectivity index (χ4v) is 10.5. The number of Topliss-reactive ketones (excluding diaryl/α,β-unsaturated/α-hetero) is 1. The van der Waals surface area contributed by atoms with Gasteiger partial charge in [0.25, 0.3) is 0 Å². The van der Waals surface area contributed by atoms with E-state index >= 15 is 9.59 Å². The van der Waals surface area contributed by atoms with Crippen LogP contribution >= 0.6 is 0 Å². The van der Waals surface area contributed by atoms with E-state index in [-0.39, 0.29) is 47.8 Å². The average Bonchev–Trinajstić information content (AvgIpc) is 3.53. The van der Waals surface area contributed by atoms with Crippen LogP contribution in [0.1, 0.15) is 51.4 Å². The van der Waals surface area contributed by atoms with Crippen molar-refractivity contribution in [1.82, 2.24) is 0 Å². The van der Waals surface area contributed by atoms with Crippen LogP contribution in [0.4, 0.5) is 5.69 Å². The van der Waals surface area contributed by atoms with Crippen LogP contribution in [0.5, 0.6) is 5.75 Å². The van der Waals surface area contributed by atoms with Crippen molar-refractivity contribution >= 4 is 51.2 Å². The van der Waals surface area contributed by atoms with E-state index in [2.05, 4.69) is 0 Å². The standard InChI is InChI=1S/C51H37NO6/c53-43-29-40(30-12-4-1-5-13-30)48(56)42-28-41-37(45(51(42,43)34-17-8-3-9-18-34)39-25-22-31-14-10-11-19-36(31)47(39)55)26-27-38-44(41)50(58)52(49(38)57)35-23-20-33(21-24-35)46(54)32-15-6-2-7-16-32/h1-26,29,38,41-42,44-45,55H,27-28H2/t38-,41+,42-,44-,45+,51-/m0/s1. The summed E-state index contributed by atoms with van der Waals surface area (Å²) in [6.45, 7) is 0. The Kier molecular flexibility index (Phi) is 8.30. The largest absolute Gasteiger partial charge is 0.507 e. The van der Waals surface area contributed by atoms with Crippen LogP contribution in [0, 0.1) is 23.7 Å². The lowest BCUT2D eigenvalue weighted by molar-refractivity contribution is -0.135. The molecule has 10 rings (SSSR count). The first-order valence-corrected chi connectivity index (χ1v) is 19.7. The first-order valence-electron chi connectivity index (χ1n) is 19.7. The van der Waals surface area contributed by atoms with Gasteiger partial charge in [-0.3, -0.25) is 28.9 Å². The maximum absolute atomic E-state index is 15.4. The van der Waals surface area contributed by atoms with Gasteiger partial charge in [-0.2, -0.15) is 0 Å². The first kappa shape index (κ1) is 35.4. The molecule has 1 saturated carbocycles. The fourth-order valence-electron chi connectivity index (χ4n) is 10.5. The molecule has 0 bridgehead atoms. The topological polar surface area (TPSA) is 109 Å². The highest BCUT2D eigenvalue weighted by atomic mass is 16.3. The third-order valence-electron chi connectivity index (χ3n) is 13.0. The number of benzene rings is 6. The Morgan fingerprint density at radius 3 is 2.02 bits per heavy atom. The summed E-state index contributed by atoms with van der Waals surface area (Å²) in [5.74, 6) is -5.21. The van der Waals surface area contributed by atoms with Gasteiger partial charge in [-0.15, -0.1) is 0 Å². The average molecular weight is 760 g/mol. The molecule has 3 aliphatic carbocycles. The van der Waals surface area contributed by atoms with Crippen molar-refractivity contribution in [3.63, 3.8) is 0 Å². The van der Waals surface area contributed by atoms with Crippen LogP contribution in [0.2, 0.25) is 0 Å². The highest BCUT2D eigenvalue weighted by Gasteiger charge is 2.66. The maximum Gasteiger partial charge on any atom is 0.238 e. The van der Waals surface area contributed by atoms with Crippen molar-refractivity contribution in [2.75, 3.05) is 4.90 Å². The second-order valence-corrected chi connectivity index (χ2v) is 15.8. The van der Waals surface area contributed by atoms with Gasteiger partial charge in [-0.25, -0.2) is 0 Å². The number of hydrogen-bond donors (Lipinski definition) is 1. The fraction of sp³-hybridized carbons (Fsp3) is 0.157. The normalized spacial score (nSPS) is 25.1. The summed E-state index contributed by atoms with van der Waals surface area (Å²) < 4.78 is 0. The van der Waals surface area contributed by atoms with Gasteiger partial charge in [-0.1, -0.05) is 139 Å². The number of aromatic hydroxyl groups is 1. The minimum Gasteiger partial charge on any atom is -0.507 e. The zero-order chi connectivity index (χ0) is 39.7. The summed E-state index contributed by atoms with van der Waals surface area (Å²) >= 11 is 0. The summed E-state index contributed by atoms with van der Waals surface area (Å²) in [5, 5.41) is 13.7. The molecule has 1 aliphatic heterocycles. The van der Waals surface area contributed by atoms with Crippen molar-refractivity contribution in [3.8, 4) is 5.75 Å². The Hall–Kier alpha value is -6.99. The van der Waals surface area contributed by atoms with Gasteiger partial charge in [0, 0.05) is 39.5 Å². The van der Waals surface area contributed by atoms with Crippen molar-refractivity contribution in [1.29, 1.82) is 0 Å². The van der Waals surface area contributed by atoms with Crippen LogP contribution < -0.4 is 4.90 Å². The number of carbonyl (C=O) groups excluding carboxylic acids is 5. The number of amides is 2. The van der Waals surface area contributed by atoms with E-state index in [4.69, 9.17) is 0 Å². The number of nitrogens with zero attached hydrogens (tertiary/aromatic N) is 1. The molecule has 282 valence electrons. The molecule has 1 N–H and O–H groups in total. The smallest absolute Gasteiger partial charge is 0.238 e. The first-order chi connectivity index (χ1) is 28.3. The molecule has 7 heteroatoms. The highest BCUT2D eigenvalue weighted by Crippen LogP contribution is 2.64. The molecule has 4 aliphatic rings. The minimum absolute atomic E-state index is 0.0134. The Morgan fingerprint density at radius 1 is 0.655 bits per heavy atom. The number of anilines is 1. The van der Waals surface area contributed by atoms with E-state index in [1.807, 2.05) is 109 Å². The van der Waals surface area contributed by atoms with Crippen molar-refractivity contribution < 1.29 is 29.1 Å². The summed E-state index contributed by atoms with van der Waals surface area (Å²) in [6, 6.07) is 45.2. The molecule has 0 spiro atoms. The predicted octanol–water partition coefficient (Wildman–Crippen LogP) is 8.81. The third kappa shape index (κ3) is 5.16. The molecular formula is C51H37NO6. The zero-order valence-corrected chi connectivity index (χ0v) is 31.3. The summed E-state index contributed by atoms with van der Waals surface area (Å²) in [7, 11) is 0. The molecule has 6 aromatic rings. The molecule has 7 nitrogen and oxygen atoms in total. The van der Waals surface area contributed by atoms with Crippen LogP contribution in [-0.4, -0.2) is 34.3 Å². The van der Waals surface area contributed by atoms with Gasteiger partial charge >= 0.3 is 0 Å². The lowest BCUT2D eigenvalue weighted by Gasteiger charge is -2.55. The van der Waals surface area contributed by atoms with Crippen LogP contribution in [0.15, 0.2) is 169 Å². The lowest BCUT2D eigenvalue weighted by atomic mass is 9.44. The number of hydrogen-bond acceptors (Lipinski definition) is 6. The van der Waals surface area contributed by atoms with Crippen molar-refractivity contribution in [2.24, 2.45) is 23.7 Å². The molecule has 6 atom stereocenters. The second kappa shape index (κ2) is 13.6. The van der Waals surface area contributed by atoms with Gasteiger partial charge in [-0.05, 0) is 65.6 Å². The van der Waals surface area contributed by atoms with E-state index in [0.717, 1.165) is 11.0 Å². The molecule has 2 amide bonds. The second-order valence-electron chi connectivity index (χ2n) is 15.8. The van der Waals surface area contributed by atoms with Gasteiger partial charge in [0.15, 0.2) is 17.3 Å². The number of phenolic OH excluding ortho intramolecular Hbond substituents is 1. The van der Waals surface area contributed by atoms with Crippen LogP contribution in [0.3, 0.4) is 0 Å². The van der Waals surface area contributed by atoms with E-state index in [1.165, 1.54) is 11.0 Å². The molecule has 1 heterocycles. The number of ketones is 3. The molecular weight excluding hydrogens is 723 g/mol. The van der Waals surface area contributed by atoms with Crippen molar-refractivity contribution in [2.45, 2.75) is 24.2 Å². The molecule has 2 fully saturated rings. The number of imide groups is 1. The monoisotopic (exact) mass is 759 g/mol. The lowest BCUT2D eigenvalue weighted by Crippen LogP contribution is -2.58. The molecule has 0 aromatic heterocycles. The van der Waals surface area contributed by atoms with Gasteiger partial charge in [0.1, 0.15) is 5.75 Å². The van der Waals surface area contributed by atoms with E-state index in [0.29, 0.717) is 44.5 Å². The summed E-state index contributed by atoms with van der Waals surface area (Å²) in [4.78, 5) is 74.3. The van der Waals surface area contributed by atoms with Crippen molar-refractivity contribution in [3.05, 3.63) is 197 Å². The quantitative estimate of drug-likeness (QED) is 0.103. The van der Waals surface area contributed by atoms with Crippen LogP contribution in [-0.2, 0) is 24.6 Å². The van der Waals surface area contributed by atoms with E-state index in [9.17, 15) is 19.5 Å². The number of allylic oxidation sites excluding steroid dienone is 4. The molecule has 6 aromatic carbocycles. The molecule has 1 saturated heterocycles. The number of carbonyl (C=O) groups is 5. The highest BCUT2D eigenvalue weighted by molar-refractivity contribution is 6.32. The summed E-state index contributed by atoms with van der Waals surface area (Å²) in [6.07, 6.45) is 3.88. The van der Waals surface area contributed by atoms with E-state index in [1.54, 1.807) is 48.5 Å². The SMILES string of the molecule is O=C(c1ccccc1)c1ccc(N2C(=O)[C@H]3[C@H](CC=C4[C@H]3C[C@H]3C(=O)C(c5ccccc5)=CC(=O)[C@@]3(c3ccccc3)[C@H]4c3ccc4ccccc4c3O)C2=O)cc1. The van der Waals surface area contributed by atoms with E-state index < -0.39 is 35.0 Å². The number of rotatable bonds is 6. The zero-order valence-electron chi connectivity index (χ0n) is 31.3. The third-order valence-corrected chi connectivity index (χ3v) is 13.0. The Balaban J connectivity index is 1.13. The predicted molar refractivity (Wildman–Crippen MR) is 221 cm³/mol. The Morgan fingerprint density at radius 2 is 1.29 bits per heavy atom. The van der Waals surface area contributed by atoms with Crippen LogP contribution in [0.25, 0.3) is 16.3 Å². The number of fused-ring (bicyclic) bond motifs is 5. The summed E-state index contributed by atoms with van der Waals surface area (Å²) in [5.41, 5.74) is 2.73. The Labute approximate surface area is 335 Å². The molecule has 0 radical (unpaired) electrons. The number of phenols is 1. The molecule has 58 heavy (non-hydrogen) atoms. The van der Waals surface area contributed by atoms with Gasteiger partial charge < -0.3 is 5.11 Å². The van der Waals surface area contributed by atoms with Gasteiger partial charge in [0.05, 0.1) is 22.9 Å².